The molecule has 2 aliphatic rings. The molecule has 0 spiro atoms. The van der Waals surface area contributed by atoms with Crippen LogP contribution in [-0.2, 0) is 80.9 Å². The molecular weight excluding hydrogens is 620 g/mol. The SMILES string of the molecule is CC(=O)OC[C@H]1O[C@@H](Cl)[C@H](OC(C)=O)[C@@H](OC(C)=O)[C@@H]1O[C@H]1O[C@H](COC(C)=O)[C@@H](OC(C)=O)[C@H](OC(C)=O)[C@H]1OC(C)=O. The molecule has 17 nitrogen and oxygen atoms in total. The van der Waals surface area contributed by atoms with Gasteiger partial charge < -0.3 is 47.4 Å². The molecule has 0 amide bonds. The summed E-state index contributed by atoms with van der Waals surface area (Å²) in [6, 6.07) is 0. The lowest BCUT2D eigenvalue weighted by Gasteiger charge is -2.48. The van der Waals surface area contributed by atoms with Gasteiger partial charge in [-0.15, -0.1) is 0 Å². The zero-order chi connectivity index (χ0) is 33.3. The highest BCUT2D eigenvalue weighted by molar-refractivity contribution is 6.20. The molecule has 2 rings (SSSR count). The maximum atomic E-state index is 12.2. The van der Waals surface area contributed by atoms with Gasteiger partial charge in [-0.05, 0) is 0 Å². The van der Waals surface area contributed by atoms with E-state index < -0.39 is 116 Å². The number of carbonyl (C=O) groups is 7. The second-order valence-corrected chi connectivity index (χ2v) is 10.1. The maximum Gasteiger partial charge on any atom is 0.303 e. The Hall–Kier alpha value is -3.54. The summed E-state index contributed by atoms with van der Waals surface area (Å²) >= 11 is 6.32. The van der Waals surface area contributed by atoms with E-state index in [4.69, 9.17) is 59.0 Å². The van der Waals surface area contributed by atoms with Crippen LogP contribution < -0.4 is 0 Å². The van der Waals surface area contributed by atoms with E-state index >= 15 is 0 Å². The first-order valence-electron chi connectivity index (χ1n) is 13.2. The van der Waals surface area contributed by atoms with Gasteiger partial charge in [0.25, 0.3) is 0 Å². The second kappa shape index (κ2) is 16.5. The first-order valence-corrected chi connectivity index (χ1v) is 13.7. The third-order valence-electron chi connectivity index (χ3n) is 5.87. The molecule has 0 radical (unpaired) electrons. The fourth-order valence-electron chi connectivity index (χ4n) is 4.46. The van der Waals surface area contributed by atoms with Crippen molar-refractivity contribution in [2.24, 2.45) is 0 Å². The van der Waals surface area contributed by atoms with Gasteiger partial charge in [-0.1, -0.05) is 11.6 Å². The predicted octanol–water partition coefficient (Wildman–Crippen LogP) is -0.155. The molecule has 44 heavy (non-hydrogen) atoms. The molecule has 0 aromatic rings. The Morgan fingerprint density at radius 3 is 1.27 bits per heavy atom. The van der Waals surface area contributed by atoms with Gasteiger partial charge in [-0.25, -0.2) is 0 Å². The first kappa shape index (κ1) is 36.7. The highest BCUT2D eigenvalue weighted by Gasteiger charge is 2.57. The summed E-state index contributed by atoms with van der Waals surface area (Å²) in [5, 5.41) is 0. The van der Waals surface area contributed by atoms with Crippen LogP contribution in [0, 0.1) is 0 Å². The molecule has 2 saturated heterocycles. The Labute approximate surface area is 256 Å². The van der Waals surface area contributed by atoms with Crippen LogP contribution in [0.15, 0.2) is 0 Å². The van der Waals surface area contributed by atoms with Crippen molar-refractivity contribution in [3.05, 3.63) is 0 Å². The number of hydrogen-bond donors (Lipinski definition) is 0. The molecular formula is C26H35ClO17. The zero-order valence-electron chi connectivity index (χ0n) is 25.0. The second-order valence-electron chi connectivity index (χ2n) is 9.64. The number of alkyl halides is 1. The molecule has 0 aliphatic carbocycles. The monoisotopic (exact) mass is 654 g/mol. The van der Waals surface area contributed by atoms with Crippen molar-refractivity contribution in [2.45, 2.75) is 109 Å². The minimum Gasteiger partial charge on any atom is -0.463 e. The molecule has 0 bridgehead atoms. The topological polar surface area (TPSA) is 212 Å². The van der Waals surface area contributed by atoms with Crippen LogP contribution in [0.25, 0.3) is 0 Å². The van der Waals surface area contributed by atoms with Crippen molar-refractivity contribution in [1.29, 1.82) is 0 Å². The summed E-state index contributed by atoms with van der Waals surface area (Å²) < 4.78 is 54.7. The fourth-order valence-corrected chi connectivity index (χ4v) is 4.79. The molecule has 2 heterocycles. The van der Waals surface area contributed by atoms with E-state index in [1.54, 1.807) is 0 Å². The molecule has 0 aromatic heterocycles. The average Bonchev–Trinajstić information content (AvgIpc) is 2.87. The van der Waals surface area contributed by atoms with E-state index in [2.05, 4.69) is 0 Å². The molecule has 0 unspecified atom stereocenters. The standard InChI is InChI=1S/C26H35ClO17/c1-10(28)35-8-17-20(21(38-13(4)31)23(25(27)42-17)40-15(6)33)44-26-24(41-16(7)34)22(39-14(5)32)19(37-12(3)30)18(43-26)9-36-11(2)29/h17-26H,8-9H2,1-7H3/t17-,18-,19-,20-,21+,22+,23-,24-,25-,26-/m1/s1. The molecule has 10 atom stereocenters. The van der Waals surface area contributed by atoms with Gasteiger partial charge in [0.05, 0.1) is 0 Å². The minimum absolute atomic E-state index is 0.515. The third kappa shape index (κ3) is 10.9. The van der Waals surface area contributed by atoms with Gasteiger partial charge in [0.15, 0.2) is 42.4 Å². The predicted molar refractivity (Wildman–Crippen MR) is 139 cm³/mol. The molecule has 0 N–H and O–H groups in total. The van der Waals surface area contributed by atoms with Crippen LogP contribution in [0.4, 0.5) is 0 Å². The Bertz CT molecular complexity index is 1090. The largest absolute Gasteiger partial charge is 0.463 e. The highest BCUT2D eigenvalue weighted by Crippen LogP contribution is 2.36. The van der Waals surface area contributed by atoms with Crippen LogP contribution >= 0.6 is 11.6 Å². The number of ether oxygens (including phenoxy) is 10. The van der Waals surface area contributed by atoms with E-state index in [0.717, 1.165) is 48.5 Å². The van der Waals surface area contributed by atoms with Gasteiger partial charge in [-0.3, -0.25) is 33.6 Å². The van der Waals surface area contributed by atoms with Crippen LogP contribution in [-0.4, -0.2) is 116 Å². The molecule has 248 valence electrons. The normalized spacial score (nSPS) is 31.5. The minimum atomic E-state index is -1.76. The lowest BCUT2D eigenvalue weighted by Crippen LogP contribution is -2.66. The van der Waals surface area contributed by atoms with E-state index in [1.807, 2.05) is 0 Å². The molecule has 2 aliphatic heterocycles. The third-order valence-corrected chi connectivity index (χ3v) is 6.22. The summed E-state index contributed by atoms with van der Waals surface area (Å²) in [6.45, 7) is 6.37. The highest BCUT2D eigenvalue weighted by atomic mass is 35.5. The van der Waals surface area contributed by atoms with Crippen molar-refractivity contribution < 1.29 is 80.9 Å². The lowest BCUT2D eigenvalue weighted by molar-refractivity contribution is -0.341. The first-order chi connectivity index (χ1) is 20.5. The van der Waals surface area contributed by atoms with E-state index in [-0.39, 0.29) is 0 Å². The van der Waals surface area contributed by atoms with Crippen LogP contribution in [0.5, 0.6) is 0 Å². The van der Waals surface area contributed by atoms with Gasteiger partial charge in [0.2, 0.25) is 0 Å². The lowest BCUT2D eigenvalue weighted by atomic mass is 9.96. The summed E-state index contributed by atoms with van der Waals surface area (Å²) in [4.78, 5) is 83.6. The number of carbonyl (C=O) groups excluding carboxylic acids is 7. The quantitative estimate of drug-likeness (QED) is 0.161. The summed E-state index contributed by atoms with van der Waals surface area (Å²) in [6.07, 6.45) is -13.7. The fraction of sp³-hybridized carbons (Fsp3) is 0.731. The van der Waals surface area contributed by atoms with Gasteiger partial charge in [0.1, 0.15) is 31.5 Å². The van der Waals surface area contributed by atoms with Gasteiger partial charge >= 0.3 is 41.8 Å². The molecule has 0 aromatic carbocycles. The molecule has 0 saturated carbocycles. The van der Waals surface area contributed by atoms with Crippen molar-refractivity contribution >= 4 is 53.4 Å². The van der Waals surface area contributed by atoms with Crippen LogP contribution in [0.3, 0.4) is 0 Å². The number of esters is 7. The van der Waals surface area contributed by atoms with Crippen molar-refractivity contribution in [2.75, 3.05) is 13.2 Å². The molecule has 18 heteroatoms. The van der Waals surface area contributed by atoms with E-state index in [0.29, 0.717) is 0 Å². The Kier molecular flexibility index (Phi) is 13.8. The average molecular weight is 655 g/mol. The summed E-state index contributed by atoms with van der Waals surface area (Å²) in [5.74, 6) is -5.80. The summed E-state index contributed by atoms with van der Waals surface area (Å²) in [7, 11) is 0. The van der Waals surface area contributed by atoms with E-state index in [1.165, 1.54) is 0 Å². The number of rotatable bonds is 11. The summed E-state index contributed by atoms with van der Waals surface area (Å²) in [5.41, 5.74) is -1.43. The Morgan fingerprint density at radius 1 is 0.477 bits per heavy atom. The van der Waals surface area contributed by atoms with E-state index in [9.17, 15) is 33.6 Å². The number of hydrogen-bond acceptors (Lipinski definition) is 17. The van der Waals surface area contributed by atoms with Crippen molar-refractivity contribution in [1.82, 2.24) is 0 Å². The Balaban J connectivity index is 2.66. The molecule has 2 fully saturated rings. The van der Waals surface area contributed by atoms with Gasteiger partial charge in [0, 0.05) is 48.5 Å². The Morgan fingerprint density at radius 2 is 0.841 bits per heavy atom. The number of halogens is 1. The van der Waals surface area contributed by atoms with Crippen molar-refractivity contribution in [3.8, 4) is 0 Å². The van der Waals surface area contributed by atoms with Crippen LogP contribution in [0.1, 0.15) is 48.5 Å². The zero-order valence-corrected chi connectivity index (χ0v) is 25.8. The van der Waals surface area contributed by atoms with Gasteiger partial charge in [-0.2, -0.15) is 0 Å². The van der Waals surface area contributed by atoms with Crippen molar-refractivity contribution in [3.63, 3.8) is 0 Å². The smallest absolute Gasteiger partial charge is 0.303 e. The van der Waals surface area contributed by atoms with Crippen LogP contribution in [0.2, 0.25) is 0 Å². The maximum absolute atomic E-state index is 12.2.